The van der Waals surface area contributed by atoms with E-state index >= 15 is 0 Å². The van der Waals surface area contributed by atoms with Crippen molar-refractivity contribution in [1.82, 2.24) is 15.0 Å². The number of hydrazone groups is 1. The van der Waals surface area contributed by atoms with Gasteiger partial charge in [-0.1, -0.05) is 12.1 Å². The second-order valence-corrected chi connectivity index (χ2v) is 5.58. The molecule has 0 aliphatic rings. The number of amides is 1. The van der Waals surface area contributed by atoms with Gasteiger partial charge >= 0.3 is 0 Å². The number of nitrogens with one attached hydrogen (secondary N) is 1. The Kier molecular flexibility index (Phi) is 4.79. The zero-order valence-corrected chi connectivity index (χ0v) is 14.5. The lowest BCUT2D eigenvalue weighted by molar-refractivity contribution is 0.0955. The first-order valence-electron chi connectivity index (χ1n) is 8.06. The molecule has 3 rings (SSSR count). The summed E-state index contributed by atoms with van der Waals surface area (Å²) in [7, 11) is 1.61. The molecule has 2 aromatic carbocycles. The van der Waals surface area contributed by atoms with Gasteiger partial charge in [0.15, 0.2) is 0 Å². The zero-order valence-electron chi connectivity index (χ0n) is 14.5. The number of rotatable bonds is 5. The van der Waals surface area contributed by atoms with E-state index in [-0.39, 0.29) is 5.91 Å². The zero-order chi connectivity index (χ0) is 17.8. The van der Waals surface area contributed by atoms with Crippen LogP contribution in [0, 0.1) is 6.92 Å². The highest BCUT2D eigenvalue weighted by Crippen LogP contribution is 2.17. The van der Waals surface area contributed by atoms with Crippen molar-refractivity contribution in [2.24, 2.45) is 5.10 Å². The van der Waals surface area contributed by atoms with E-state index in [2.05, 4.69) is 27.0 Å². The number of hydrogen-bond acceptors (Lipinski definition) is 4. The van der Waals surface area contributed by atoms with Crippen molar-refractivity contribution < 1.29 is 9.53 Å². The van der Waals surface area contributed by atoms with Crippen molar-refractivity contribution in [3.63, 3.8) is 0 Å². The summed E-state index contributed by atoms with van der Waals surface area (Å²) in [5.74, 6) is 1.40. The second kappa shape index (κ2) is 7.17. The predicted molar refractivity (Wildman–Crippen MR) is 98.2 cm³/mol. The maximum Gasteiger partial charge on any atom is 0.271 e. The first-order valence-corrected chi connectivity index (χ1v) is 8.06. The van der Waals surface area contributed by atoms with E-state index in [0.717, 1.165) is 34.7 Å². The number of aromatic nitrogens is 2. The van der Waals surface area contributed by atoms with Crippen LogP contribution in [0.25, 0.3) is 11.0 Å². The number of benzene rings is 2. The molecule has 0 saturated heterocycles. The Labute approximate surface area is 146 Å². The molecule has 6 nitrogen and oxygen atoms in total. The number of hydrogen-bond donors (Lipinski definition) is 1. The summed E-state index contributed by atoms with van der Waals surface area (Å²) in [6.07, 6.45) is 1.58. The Bertz CT molecular complexity index is 944. The number of imidazole rings is 1. The van der Waals surface area contributed by atoms with Crippen LogP contribution in [-0.2, 0) is 6.54 Å². The Morgan fingerprint density at radius 1 is 1.32 bits per heavy atom. The summed E-state index contributed by atoms with van der Waals surface area (Å²) in [4.78, 5) is 16.8. The molecule has 1 amide bonds. The first-order chi connectivity index (χ1) is 12.1. The molecule has 6 heteroatoms. The molecule has 128 valence electrons. The van der Waals surface area contributed by atoms with Gasteiger partial charge in [0.1, 0.15) is 11.6 Å². The van der Waals surface area contributed by atoms with Gasteiger partial charge in [0.25, 0.3) is 5.91 Å². The third kappa shape index (κ3) is 3.52. The standard InChI is InChI=1S/C19H20N4O2/c1-4-23-13(2)21-17-11-15(8-9-18(17)23)19(24)22-20-12-14-6-5-7-16(10-14)25-3/h5-12H,4H2,1-3H3,(H,22,24)/b20-12-. The van der Waals surface area contributed by atoms with Crippen LogP contribution < -0.4 is 10.2 Å². The molecular formula is C19H20N4O2. The van der Waals surface area contributed by atoms with E-state index < -0.39 is 0 Å². The van der Waals surface area contributed by atoms with Crippen molar-refractivity contribution in [2.75, 3.05) is 7.11 Å². The van der Waals surface area contributed by atoms with E-state index in [1.165, 1.54) is 0 Å². The van der Waals surface area contributed by atoms with Crippen LogP contribution in [0.2, 0.25) is 0 Å². The fourth-order valence-corrected chi connectivity index (χ4v) is 2.74. The monoisotopic (exact) mass is 336 g/mol. The van der Waals surface area contributed by atoms with Gasteiger partial charge in [-0.3, -0.25) is 4.79 Å². The molecule has 0 radical (unpaired) electrons. The van der Waals surface area contributed by atoms with Crippen LogP contribution >= 0.6 is 0 Å². The topological polar surface area (TPSA) is 68.5 Å². The van der Waals surface area contributed by atoms with Gasteiger partial charge in [-0.25, -0.2) is 10.4 Å². The molecule has 0 bridgehead atoms. The lowest BCUT2D eigenvalue weighted by atomic mass is 10.2. The largest absolute Gasteiger partial charge is 0.497 e. The molecule has 0 aliphatic heterocycles. The molecular weight excluding hydrogens is 316 g/mol. The molecule has 25 heavy (non-hydrogen) atoms. The Morgan fingerprint density at radius 3 is 2.92 bits per heavy atom. The van der Waals surface area contributed by atoms with Gasteiger partial charge in [0.2, 0.25) is 0 Å². The number of aryl methyl sites for hydroxylation is 2. The van der Waals surface area contributed by atoms with Gasteiger partial charge in [-0.05, 0) is 49.7 Å². The lowest BCUT2D eigenvalue weighted by Crippen LogP contribution is -2.17. The van der Waals surface area contributed by atoms with Crippen molar-refractivity contribution in [3.05, 3.63) is 59.4 Å². The van der Waals surface area contributed by atoms with Crippen LogP contribution in [0.3, 0.4) is 0 Å². The third-order valence-corrected chi connectivity index (χ3v) is 3.99. The van der Waals surface area contributed by atoms with Gasteiger partial charge < -0.3 is 9.30 Å². The van der Waals surface area contributed by atoms with Gasteiger partial charge in [0, 0.05) is 12.1 Å². The van der Waals surface area contributed by atoms with E-state index in [0.29, 0.717) is 5.56 Å². The molecule has 0 aliphatic carbocycles. The minimum absolute atomic E-state index is 0.273. The summed E-state index contributed by atoms with van der Waals surface area (Å²) in [6, 6.07) is 12.9. The maximum atomic E-state index is 12.3. The van der Waals surface area contributed by atoms with Crippen molar-refractivity contribution in [1.29, 1.82) is 0 Å². The average molecular weight is 336 g/mol. The van der Waals surface area contributed by atoms with Crippen LogP contribution in [-0.4, -0.2) is 28.8 Å². The summed E-state index contributed by atoms with van der Waals surface area (Å²) in [6.45, 7) is 4.88. The van der Waals surface area contributed by atoms with Crippen molar-refractivity contribution in [2.45, 2.75) is 20.4 Å². The van der Waals surface area contributed by atoms with Gasteiger partial charge in [0.05, 0.1) is 24.4 Å². The molecule has 0 spiro atoms. The summed E-state index contributed by atoms with van der Waals surface area (Å²) in [5, 5.41) is 4.01. The van der Waals surface area contributed by atoms with Gasteiger partial charge in [-0.2, -0.15) is 5.10 Å². The Morgan fingerprint density at radius 2 is 2.16 bits per heavy atom. The maximum absolute atomic E-state index is 12.3. The normalized spacial score (nSPS) is 11.2. The smallest absolute Gasteiger partial charge is 0.271 e. The molecule has 0 saturated carbocycles. The molecule has 1 heterocycles. The van der Waals surface area contributed by atoms with E-state index in [9.17, 15) is 4.79 Å². The fourth-order valence-electron chi connectivity index (χ4n) is 2.74. The third-order valence-electron chi connectivity index (χ3n) is 3.99. The van der Waals surface area contributed by atoms with Crippen LogP contribution in [0.15, 0.2) is 47.6 Å². The van der Waals surface area contributed by atoms with Crippen LogP contribution in [0.1, 0.15) is 28.7 Å². The minimum Gasteiger partial charge on any atom is -0.497 e. The highest BCUT2D eigenvalue weighted by molar-refractivity contribution is 5.97. The van der Waals surface area contributed by atoms with Gasteiger partial charge in [-0.15, -0.1) is 0 Å². The molecule has 0 fully saturated rings. The van der Waals surface area contributed by atoms with E-state index in [4.69, 9.17) is 4.74 Å². The first kappa shape index (κ1) is 16.7. The summed E-state index contributed by atoms with van der Waals surface area (Å²) < 4.78 is 7.26. The number of fused-ring (bicyclic) bond motifs is 1. The Hall–Kier alpha value is -3.15. The molecule has 1 aromatic heterocycles. The van der Waals surface area contributed by atoms with Crippen LogP contribution in [0.4, 0.5) is 0 Å². The fraction of sp³-hybridized carbons (Fsp3) is 0.211. The summed E-state index contributed by atoms with van der Waals surface area (Å²) >= 11 is 0. The van der Waals surface area contributed by atoms with Crippen molar-refractivity contribution >= 4 is 23.2 Å². The average Bonchev–Trinajstić information content (AvgIpc) is 2.95. The SMILES string of the molecule is CCn1c(C)nc2cc(C(=O)N/N=C\c3cccc(OC)c3)ccc21. The number of ether oxygens (including phenoxy) is 1. The van der Waals surface area contributed by atoms with E-state index in [1.807, 2.05) is 37.3 Å². The minimum atomic E-state index is -0.273. The molecule has 1 N–H and O–H groups in total. The number of carbonyl (C=O) groups excluding carboxylic acids is 1. The Balaban J connectivity index is 1.74. The lowest BCUT2D eigenvalue weighted by Gasteiger charge is -2.03. The summed E-state index contributed by atoms with van der Waals surface area (Å²) in [5.41, 5.74) is 5.74. The van der Waals surface area contributed by atoms with Crippen LogP contribution in [0.5, 0.6) is 5.75 Å². The number of carbonyl (C=O) groups is 1. The molecule has 0 atom stereocenters. The molecule has 0 unspecified atom stereocenters. The molecule has 3 aromatic rings. The number of methoxy groups -OCH3 is 1. The predicted octanol–water partition coefficient (Wildman–Crippen LogP) is 3.14. The highest BCUT2D eigenvalue weighted by atomic mass is 16.5. The second-order valence-electron chi connectivity index (χ2n) is 5.58. The van der Waals surface area contributed by atoms with E-state index in [1.54, 1.807) is 25.5 Å². The quantitative estimate of drug-likeness (QED) is 0.575. The number of nitrogens with zero attached hydrogens (tertiary/aromatic N) is 3. The van der Waals surface area contributed by atoms with Crippen molar-refractivity contribution in [3.8, 4) is 5.75 Å². The highest BCUT2D eigenvalue weighted by Gasteiger charge is 2.10.